The van der Waals surface area contributed by atoms with Crippen molar-refractivity contribution in [3.05, 3.63) is 135 Å². The van der Waals surface area contributed by atoms with E-state index in [2.05, 4.69) is 6.07 Å². The Labute approximate surface area is 249 Å². The molecule has 0 unspecified atom stereocenters. The Bertz CT molecular complexity index is 1970. The van der Waals surface area contributed by atoms with Gasteiger partial charge in [0, 0.05) is 16.7 Å². The molecule has 0 amide bonds. The fourth-order valence-corrected chi connectivity index (χ4v) is 5.64. The van der Waals surface area contributed by atoms with E-state index < -0.39 is 17.1 Å². The van der Waals surface area contributed by atoms with Crippen LogP contribution < -0.4 is 21.5 Å². The first kappa shape index (κ1) is 28.5. The third kappa shape index (κ3) is 5.50. The van der Waals surface area contributed by atoms with Crippen LogP contribution in [0.25, 0.3) is 16.7 Å². The summed E-state index contributed by atoms with van der Waals surface area (Å²) in [5.41, 5.74) is 2.94. The van der Waals surface area contributed by atoms with Crippen molar-refractivity contribution in [1.82, 2.24) is 13.7 Å². The minimum Gasteiger partial charge on any atom is -0.497 e. The molecule has 3 aromatic carbocycles. The van der Waals surface area contributed by atoms with Gasteiger partial charge in [-0.2, -0.15) is 0 Å². The number of halogens is 2. The van der Waals surface area contributed by atoms with Gasteiger partial charge in [-0.05, 0) is 102 Å². The summed E-state index contributed by atoms with van der Waals surface area (Å²) in [7, 11) is 3.05. The van der Waals surface area contributed by atoms with Crippen molar-refractivity contribution in [3.8, 4) is 11.4 Å². The van der Waals surface area contributed by atoms with Crippen LogP contribution in [0.3, 0.4) is 0 Å². The molecule has 2 aromatic heterocycles. The van der Waals surface area contributed by atoms with Crippen LogP contribution in [-0.4, -0.2) is 20.8 Å². The molecule has 5 aromatic rings. The predicted octanol–water partition coefficient (Wildman–Crippen LogP) is 5.05. The minimum atomic E-state index is -0.736. The van der Waals surface area contributed by atoms with Gasteiger partial charge in [-0.15, -0.1) is 0 Å². The molecule has 0 N–H and O–H groups in total. The van der Waals surface area contributed by atoms with Crippen LogP contribution >= 0.6 is 22.6 Å². The summed E-state index contributed by atoms with van der Waals surface area (Å²) < 4.78 is 24.8. The molecule has 0 bridgehead atoms. The fraction of sp³-hybridized carbons (Fsp3) is 0.219. The normalized spacial score (nSPS) is 11.3. The maximum atomic E-state index is 15.4. The second-order valence-electron chi connectivity index (χ2n) is 10.1. The number of fused-ring (bicyclic) bond motifs is 1. The van der Waals surface area contributed by atoms with Crippen molar-refractivity contribution >= 4 is 33.6 Å². The molecule has 41 heavy (non-hydrogen) atoms. The van der Waals surface area contributed by atoms with E-state index in [1.807, 2.05) is 48.6 Å². The number of hydrogen-bond donors (Lipinski definition) is 0. The molecule has 0 saturated heterocycles. The van der Waals surface area contributed by atoms with E-state index in [1.165, 1.54) is 29.8 Å². The summed E-state index contributed by atoms with van der Waals surface area (Å²) in [6.45, 7) is 4.02. The molecular weight excluding hydrogens is 636 g/mol. The first-order valence-corrected chi connectivity index (χ1v) is 14.2. The van der Waals surface area contributed by atoms with Crippen LogP contribution in [0.15, 0.2) is 81.1 Å². The molecule has 0 aliphatic rings. The Balaban J connectivity index is 1.80. The zero-order valence-corrected chi connectivity index (χ0v) is 25.4. The van der Waals surface area contributed by atoms with Gasteiger partial charge >= 0.3 is 5.69 Å². The summed E-state index contributed by atoms with van der Waals surface area (Å²) in [5, 5.41) is 0.211. The third-order valence-corrected chi connectivity index (χ3v) is 8.07. The van der Waals surface area contributed by atoms with Crippen molar-refractivity contribution in [3.63, 3.8) is 0 Å². The average molecular weight is 666 g/mol. The summed E-state index contributed by atoms with van der Waals surface area (Å²) >= 11 is 1.99. The third-order valence-electron chi connectivity index (χ3n) is 7.40. The largest absolute Gasteiger partial charge is 0.497 e. The number of benzene rings is 3. The molecule has 0 spiro atoms. The molecule has 0 fully saturated rings. The van der Waals surface area contributed by atoms with Crippen LogP contribution in [0.4, 0.5) is 4.39 Å². The van der Waals surface area contributed by atoms with Gasteiger partial charge in [0.1, 0.15) is 17.2 Å². The number of rotatable bonds is 7. The second kappa shape index (κ2) is 11.5. The van der Waals surface area contributed by atoms with Gasteiger partial charge in [0.25, 0.3) is 11.1 Å². The highest BCUT2D eigenvalue weighted by molar-refractivity contribution is 14.1. The number of nitrogens with zero attached hydrogens (tertiary/aromatic N) is 3. The van der Waals surface area contributed by atoms with E-state index in [-0.39, 0.29) is 28.8 Å². The maximum absolute atomic E-state index is 15.4. The molecule has 2 heterocycles. The summed E-state index contributed by atoms with van der Waals surface area (Å²) in [6, 6.07) is 19.1. The van der Waals surface area contributed by atoms with Crippen LogP contribution in [0.5, 0.6) is 5.75 Å². The van der Waals surface area contributed by atoms with Crippen LogP contribution in [-0.2, 0) is 26.4 Å². The standard InChI is InChI=1S/C32H29FIN3O4/c1-19-5-8-22(20(2)15-19)9-10-23-16-28(38)35(3)30-29(23)31(39)36(18-21-6-12-25(41-4)13-7-21)32(40)37(30)27-14-11-24(34)17-26(27)33/h5-8,11-17H,9-10,18H2,1-4H3. The van der Waals surface area contributed by atoms with E-state index in [9.17, 15) is 14.4 Å². The lowest BCUT2D eigenvalue weighted by atomic mass is 9.98. The van der Waals surface area contributed by atoms with Gasteiger partial charge in [0.15, 0.2) is 0 Å². The highest BCUT2D eigenvalue weighted by Crippen LogP contribution is 2.22. The first-order valence-electron chi connectivity index (χ1n) is 13.1. The van der Waals surface area contributed by atoms with Crippen molar-refractivity contribution in [2.45, 2.75) is 33.2 Å². The van der Waals surface area contributed by atoms with Gasteiger partial charge in [-0.1, -0.05) is 35.9 Å². The van der Waals surface area contributed by atoms with Crippen molar-refractivity contribution < 1.29 is 9.13 Å². The second-order valence-corrected chi connectivity index (χ2v) is 11.4. The quantitative estimate of drug-likeness (QED) is 0.228. The lowest BCUT2D eigenvalue weighted by molar-refractivity contribution is 0.414. The molecule has 5 rings (SSSR count). The zero-order valence-electron chi connectivity index (χ0n) is 23.2. The lowest BCUT2D eigenvalue weighted by Crippen LogP contribution is -2.42. The lowest BCUT2D eigenvalue weighted by Gasteiger charge is -2.19. The molecule has 7 nitrogen and oxygen atoms in total. The fourth-order valence-electron chi connectivity index (χ4n) is 5.19. The van der Waals surface area contributed by atoms with Crippen molar-refractivity contribution in [1.29, 1.82) is 0 Å². The SMILES string of the molecule is COc1ccc(Cn2c(=O)c3c(CCc4ccc(C)cc4C)cc(=O)n(C)c3n(-c3ccc(I)cc3F)c2=O)cc1. The number of methoxy groups -OCH3 is 1. The first-order chi connectivity index (χ1) is 19.6. The number of aromatic nitrogens is 3. The highest BCUT2D eigenvalue weighted by Gasteiger charge is 2.22. The molecule has 0 saturated carbocycles. The Morgan fingerprint density at radius 1 is 0.878 bits per heavy atom. The topological polar surface area (TPSA) is 75.2 Å². The molecule has 0 aliphatic carbocycles. The molecule has 9 heteroatoms. The number of hydrogen-bond acceptors (Lipinski definition) is 4. The smallest absolute Gasteiger partial charge is 0.337 e. The Hall–Kier alpha value is -3.99. The van der Waals surface area contributed by atoms with Crippen molar-refractivity contribution in [2.75, 3.05) is 7.11 Å². The van der Waals surface area contributed by atoms with Gasteiger partial charge < -0.3 is 4.74 Å². The van der Waals surface area contributed by atoms with Gasteiger partial charge in [0.05, 0.1) is 24.7 Å². The highest BCUT2D eigenvalue weighted by atomic mass is 127. The minimum absolute atomic E-state index is 0.0366. The van der Waals surface area contributed by atoms with E-state index in [4.69, 9.17) is 4.74 Å². The zero-order chi connectivity index (χ0) is 29.4. The van der Waals surface area contributed by atoms with Crippen LogP contribution in [0.2, 0.25) is 0 Å². The van der Waals surface area contributed by atoms with Crippen LogP contribution in [0, 0.1) is 23.2 Å². The summed E-state index contributed by atoms with van der Waals surface area (Å²) in [6.07, 6.45) is 0.977. The van der Waals surface area contributed by atoms with Crippen molar-refractivity contribution in [2.24, 2.45) is 7.05 Å². The van der Waals surface area contributed by atoms with E-state index >= 15 is 4.39 Å². The number of aryl methyl sites for hydroxylation is 5. The summed E-state index contributed by atoms with van der Waals surface area (Å²) in [4.78, 5) is 41.3. The predicted molar refractivity (Wildman–Crippen MR) is 167 cm³/mol. The van der Waals surface area contributed by atoms with E-state index in [0.717, 1.165) is 25.8 Å². The van der Waals surface area contributed by atoms with Gasteiger partial charge in [-0.25, -0.2) is 13.8 Å². The molecule has 0 aliphatic heterocycles. The number of ether oxygens (including phenoxy) is 1. The Kier molecular flexibility index (Phi) is 7.99. The molecule has 0 radical (unpaired) electrons. The maximum Gasteiger partial charge on any atom is 0.337 e. The van der Waals surface area contributed by atoms with Gasteiger partial charge in [-0.3, -0.25) is 18.7 Å². The van der Waals surface area contributed by atoms with E-state index in [0.29, 0.717) is 33.3 Å². The van der Waals surface area contributed by atoms with E-state index in [1.54, 1.807) is 37.4 Å². The summed E-state index contributed by atoms with van der Waals surface area (Å²) in [5.74, 6) is 0.00439. The molecular formula is C32H29FIN3O4. The van der Waals surface area contributed by atoms with Crippen LogP contribution in [0.1, 0.15) is 27.8 Å². The number of pyridine rings is 1. The Morgan fingerprint density at radius 2 is 1.59 bits per heavy atom. The monoisotopic (exact) mass is 665 g/mol. The molecule has 210 valence electrons. The molecule has 0 atom stereocenters. The average Bonchev–Trinajstić information content (AvgIpc) is 2.94. The Morgan fingerprint density at radius 3 is 2.24 bits per heavy atom. The van der Waals surface area contributed by atoms with Gasteiger partial charge in [0.2, 0.25) is 0 Å².